The molecule has 1 aromatic carbocycles. The summed E-state index contributed by atoms with van der Waals surface area (Å²) in [7, 11) is 0. The molecule has 2 amide bonds. The zero-order valence-electron chi connectivity index (χ0n) is 14.6. The Bertz CT molecular complexity index is 701. The molecule has 0 spiro atoms. The van der Waals surface area contributed by atoms with Crippen molar-refractivity contribution in [2.75, 3.05) is 13.1 Å². The number of carbonyl (C=O) groups is 2. The maximum atomic E-state index is 12.9. The van der Waals surface area contributed by atoms with E-state index < -0.39 is 29.3 Å². The number of amides is 2. The number of alkyl halides is 3. The van der Waals surface area contributed by atoms with Crippen LogP contribution in [0.3, 0.4) is 0 Å². The molecular formula is C17H20BrF3N2O3. The number of hydrogen-bond donors (Lipinski definition) is 1. The molecule has 1 atom stereocenters. The minimum Gasteiger partial charge on any atom is -0.444 e. The zero-order chi connectivity index (χ0) is 19.7. The van der Waals surface area contributed by atoms with Crippen molar-refractivity contribution < 1.29 is 27.5 Å². The smallest absolute Gasteiger partial charge is 0.416 e. The van der Waals surface area contributed by atoms with E-state index >= 15 is 0 Å². The molecule has 0 saturated carbocycles. The van der Waals surface area contributed by atoms with Crippen molar-refractivity contribution in [1.82, 2.24) is 10.2 Å². The van der Waals surface area contributed by atoms with Gasteiger partial charge < -0.3 is 15.0 Å². The molecule has 1 N–H and O–H groups in total. The van der Waals surface area contributed by atoms with E-state index in [1.807, 2.05) is 0 Å². The summed E-state index contributed by atoms with van der Waals surface area (Å²) in [6, 6.07) is 2.65. The van der Waals surface area contributed by atoms with Gasteiger partial charge in [0, 0.05) is 17.6 Å². The lowest BCUT2D eigenvalue weighted by Gasteiger charge is -2.22. The van der Waals surface area contributed by atoms with Gasteiger partial charge in [0.15, 0.2) is 0 Å². The van der Waals surface area contributed by atoms with Crippen molar-refractivity contribution in [2.45, 2.75) is 45.0 Å². The number of carbonyl (C=O) groups excluding carboxylic acids is 2. The second-order valence-electron chi connectivity index (χ2n) is 7.08. The van der Waals surface area contributed by atoms with Gasteiger partial charge >= 0.3 is 12.3 Å². The fraction of sp³-hybridized carbons (Fsp3) is 0.529. The molecule has 9 heteroatoms. The van der Waals surface area contributed by atoms with Gasteiger partial charge in [-0.3, -0.25) is 4.79 Å². The standard InChI is InChI=1S/C17H20BrF3N2O3/c1-16(2,3)26-15(25)22-11-6-7-23(9-11)14(24)12-8-10(17(19,20)21)4-5-13(12)18/h4-5,8,11H,6-7,9H2,1-3H3,(H,22,25)/t11-/m0/s1. The third-order valence-corrected chi connectivity index (χ3v) is 4.41. The highest BCUT2D eigenvalue weighted by Gasteiger charge is 2.34. The van der Waals surface area contributed by atoms with E-state index in [0.717, 1.165) is 12.1 Å². The molecule has 144 valence electrons. The topological polar surface area (TPSA) is 58.6 Å². The van der Waals surface area contributed by atoms with Gasteiger partial charge in [0.2, 0.25) is 0 Å². The summed E-state index contributed by atoms with van der Waals surface area (Å²) in [4.78, 5) is 25.8. The van der Waals surface area contributed by atoms with Crippen molar-refractivity contribution in [3.63, 3.8) is 0 Å². The molecule has 1 heterocycles. The van der Waals surface area contributed by atoms with E-state index in [1.54, 1.807) is 20.8 Å². The van der Waals surface area contributed by atoms with Crippen LogP contribution in [0.5, 0.6) is 0 Å². The van der Waals surface area contributed by atoms with Crippen LogP contribution in [-0.2, 0) is 10.9 Å². The lowest BCUT2D eigenvalue weighted by atomic mass is 10.1. The zero-order valence-corrected chi connectivity index (χ0v) is 16.2. The molecule has 0 aromatic heterocycles. The minimum atomic E-state index is -4.53. The van der Waals surface area contributed by atoms with Crippen molar-refractivity contribution in [3.8, 4) is 0 Å². The highest BCUT2D eigenvalue weighted by molar-refractivity contribution is 9.10. The van der Waals surface area contributed by atoms with Crippen molar-refractivity contribution >= 4 is 27.9 Å². The number of hydrogen-bond acceptors (Lipinski definition) is 3. The van der Waals surface area contributed by atoms with Gasteiger partial charge in [0.05, 0.1) is 17.2 Å². The number of alkyl carbamates (subject to hydrolysis) is 1. The summed E-state index contributed by atoms with van der Waals surface area (Å²) in [5, 5.41) is 2.68. The van der Waals surface area contributed by atoms with Crippen LogP contribution in [0.15, 0.2) is 22.7 Å². The predicted molar refractivity (Wildman–Crippen MR) is 92.8 cm³/mol. The van der Waals surface area contributed by atoms with Gasteiger partial charge in [-0.25, -0.2) is 4.79 Å². The quantitative estimate of drug-likeness (QED) is 0.755. The SMILES string of the molecule is CC(C)(C)OC(=O)N[C@H]1CCN(C(=O)c2cc(C(F)(F)F)ccc2Br)C1. The van der Waals surface area contributed by atoms with E-state index in [1.165, 1.54) is 11.0 Å². The molecular weight excluding hydrogens is 417 g/mol. The van der Waals surface area contributed by atoms with E-state index in [-0.39, 0.29) is 18.2 Å². The van der Waals surface area contributed by atoms with Crippen LogP contribution >= 0.6 is 15.9 Å². The number of likely N-dealkylation sites (tertiary alicyclic amines) is 1. The summed E-state index contributed by atoms with van der Waals surface area (Å²) in [5.41, 5.74) is -1.58. The average molecular weight is 437 g/mol. The van der Waals surface area contributed by atoms with Crippen LogP contribution in [0.1, 0.15) is 43.1 Å². The maximum absolute atomic E-state index is 12.9. The lowest BCUT2D eigenvalue weighted by molar-refractivity contribution is -0.137. The Morgan fingerprint density at radius 2 is 1.92 bits per heavy atom. The summed E-state index contributed by atoms with van der Waals surface area (Å²) < 4.78 is 44.1. The van der Waals surface area contributed by atoms with Crippen LogP contribution in [0.2, 0.25) is 0 Å². The van der Waals surface area contributed by atoms with Crippen molar-refractivity contribution in [2.24, 2.45) is 0 Å². The number of ether oxygens (including phenoxy) is 1. The first-order valence-corrected chi connectivity index (χ1v) is 8.81. The van der Waals surface area contributed by atoms with Crippen molar-refractivity contribution in [1.29, 1.82) is 0 Å². The Morgan fingerprint density at radius 3 is 2.50 bits per heavy atom. The second kappa shape index (κ2) is 7.46. The summed E-state index contributed by atoms with van der Waals surface area (Å²) >= 11 is 3.13. The van der Waals surface area contributed by atoms with Gasteiger partial charge in [-0.15, -0.1) is 0 Å². The van der Waals surface area contributed by atoms with Gasteiger partial charge in [0.1, 0.15) is 5.60 Å². The van der Waals surface area contributed by atoms with Gasteiger partial charge in [0.25, 0.3) is 5.91 Å². The highest BCUT2D eigenvalue weighted by Crippen LogP contribution is 2.32. The third-order valence-electron chi connectivity index (χ3n) is 3.72. The number of halogens is 4. The van der Waals surface area contributed by atoms with Crippen LogP contribution in [0.4, 0.5) is 18.0 Å². The molecule has 0 unspecified atom stereocenters. The molecule has 1 aromatic rings. The Labute approximate surface area is 158 Å². The third kappa shape index (κ3) is 5.36. The Kier molecular flexibility index (Phi) is 5.89. The number of benzene rings is 1. The first kappa shape index (κ1) is 20.5. The lowest BCUT2D eigenvalue weighted by Crippen LogP contribution is -2.41. The Morgan fingerprint density at radius 1 is 1.27 bits per heavy atom. The molecule has 0 radical (unpaired) electrons. The molecule has 1 aliphatic rings. The maximum Gasteiger partial charge on any atom is 0.416 e. The molecule has 0 bridgehead atoms. The molecule has 0 aliphatic carbocycles. The molecule has 26 heavy (non-hydrogen) atoms. The first-order chi connectivity index (χ1) is 11.9. The molecule has 2 rings (SSSR count). The minimum absolute atomic E-state index is 0.0576. The summed E-state index contributed by atoms with van der Waals surface area (Å²) in [6.45, 7) is 5.76. The first-order valence-electron chi connectivity index (χ1n) is 8.02. The fourth-order valence-electron chi connectivity index (χ4n) is 2.57. The van der Waals surface area contributed by atoms with Crippen LogP contribution in [0.25, 0.3) is 0 Å². The largest absolute Gasteiger partial charge is 0.444 e. The van der Waals surface area contributed by atoms with Crippen LogP contribution in [0, 0.1) is 0 Å². The Hall–Kier alpha value is -1.77. The summed E-state index contributed by atoms with van der Waals surface area (Å²) in [5.74, 6) is -0.517. The number of nitrogens with one attached hydrogen (secondary N) is 1. The molecule has 1 saturated heterocycles. The predicted octanol–water partition coefficient (Wildman–Crippen LogP) is 4.21. The second-order valence-corrected chi connectivity index (χ2v) is 7.93. The molecule has 1 aliphatic heterocycles. The van der Waals surface area contributed by atoms with Gasteiger partial charge in [-0.2, -0.15) is 13.2 Å². The van der Waals surface area contributed by atoms with E-state index in [9.17, 15) is 22.8 Å². The van der Waals surface area contributed by atoms with E-state index in [4.69, 9.17) is 4.74 Å². The monoisotopic (exact) mass is 436 g/mol. The number of nitrogens with zero attached hydrogens (tertiary/aromatic N) is 1. The van der Waals surface area contributed by atoms with Crippen LogP contribution < -0.4 is 5.32 Å². The van der Waals surface area contributed by atoms with E-state index in [2.05, 4.69) is 21.2 Å². The average Bonchev–Trinajstić information content (AvgIpc) is 2.92. The van der Waals surface area contributed by atoms with Gasteiger partial charge in [-0.05, 0) is 61.3 Å². The number of rotatable bonds is 2. The fourth-order valence-corrected chi connectivity index (χ4v) is 2.99. The Balaban J connectivity index is 2.05. The normalized spacial score (nSPS) is 18.0. The highest BCUT2D eigenvalue weighted by atomic mass is 79.9. The van der Waals surface area contributed by atoms with Crippen LogP contribution in [-0.4, -0.2) is 41.6 Å². The molecule has 5 nitrogen and oxygen atoms in total. The van der Waals surface area contributed by atoms with Crippen molar-refractivity contribution in [3.05, 3.63) is 33.8 Å². The van der Waals surface area contributed by atoms with E-state index in [0.29, 0.717) is 17.4 Å². The summed E-state index contributed by atoms with van der Waals surface area (Å²) in [6.07, 6.45) is -4.61. The van der Waals surface area contributed by atoms with Gasteiger partial charge in [-0.1, -0.05) is 0 Å². The molecule has 1 fully saturated rings.